The predicted octanol–water partition coefficient (Wildman–Crippen LogP) is 2.88. The van der Waals surface area contributed by atoms with E-state index in [0.29, 0.717) is 10.9 Å². The summed E-state index contributed by atoms with van der Waals surface area (Å²) in [5, 5.41) is 23.2. The molecule has 0 aliphatic carbocycles. The van der Waals surface area contributed by atoms with E-state index in [1.54, 1.807) is 0 Å². The van der Waals surface area contributed by atoms with E-state index in [1.807, 2.05) is 20.8 Å². The summed E-state index contributed by atoms with van der Waals surface area (Å²) in [6.07, 6.45) is -0.116. The van der Waals surface area contributed by atoms with Crippen LogP contribution in [0.2, 0.25) is 0 Å². The van der Waals surface area contributed by atoms with Gasteiger partial charge in [-0.05, 0) is 33.8 Å². The van der Waals surface area contributed by atoms with Crippen molar-refractivity contribution in [1.82, 2.24) is 5.32 Å². The second-order valence-corrected chi connectivity index (χ2v) is 6.90. The van der Waals surface area contributed by atoms with Gasteiger partial charge in [0.25, 0.3) is 11.6 Å². The van der Waals surface area contributed by atoms with Crippen LogP contribution in [0, 0.1) is 15.5 Å². The van der Waals surface area contributed by atoms with Gasteiger partial charge in [-0.2, -0.15) is 0 Å². The third kappa shape index (κ3) is 5.81. The Morgan fingerprint density at radius 2 is 2.10 bits per heavy atom. The minimum Gasteiger partial charge on any atom is -0.391 e. The van der Waals surface area contributed by atoms with Crippen molar-refractivity contribution < 1.29 is 14.8 Å². The molecular weight excluding hydrogens is 340 g/mol. The Kier molecular flexibility index (Phi) is 5.86. The van der Waals surface area contributed by atoms with E-state index in [-0.39, 0.29) is 23.2 Å². The lowest BCUT2D eigenvalue weighted by Gasteiger charge is -2.22. The number of aliphatic hydroxyl groups is 1. The Morgan fingerprint density at radius 1 is 1.48 bits per heavy atom. The van der Waals surface area contributed by atoms with Crippen molar-refractivity contribution in [3.63, 3.8) is 0 Å². The van der Waals surface area contributed by atoms with Crippen molar-refractivity contribution in [3.05, 3.63) is 38.3 Å². The lowest BCUT2D eigenvalue weighted by atomic mass is 9.89. The Labute approximate surface area is 131 Å². The van der Waals surface area contributed by atoms with Gasteiger partial charge in [0.2, 0.25) is 0 Å². The molecule has 0 aliphatic rings. The van der Waals surface area contributed by atoms with Crippen LogP contribution in [-0.2, 0) is 0 Å². The molecule has 0 radical (unpaired) electrons. The number of rotatable bonds is 5. The highest BCUT2D eigenvalue weighted by molar-refractivity contribution is 9.10. The molecule has 1 aromatic rings. The van der Waals surface area contributed by atoms with Crippen molar-refractivity contribution >= 4 is 27.5 Å². The smallest absolute Gasteiger partial charge is 0.270 e. The zero-order valence-corrected chi connectivity index (χ0v) is 13.8. The number of non-ortho nitro benzene ring substituents is 1. The second-order valence-electron chi connectivity index (χ2n) is 6.05. The molecule has 2 N–H and O–H groups in total. The number of halogens is 1. The summed E-state index contributed by atoms with van der Waals surface area (Å²) in [6, 6.07) is 3.98. The van der Waals surface area contributed by atoms with Crippen LogP contribution < -0.4 is 5.32 Å². The molecule has 1 unspecified atom stereocenters. The lowest BCUT2D eigenvalue weighted by molar-refractivity contribution is -0.384. The quantitative estimate of drug-likeness (QED) is 0.625. The molecule has 1 atom stereocenters. The van der Waals surface area contributed by atoms with Gasteiger partial charge in [0.1, 0.15) is 0 Å². The molecule has 0 saturated carbocycles. The van der Waals surface area contributed by atoms with E-state index < -0.39 is 16.9 Å². The molecule has 0 fully saturated rings. The van der Waals surface area contributed by atoms with Crippen LogP contribution in [-0.4, -0.2) is 28.6 Å². The molecule has 6 nitrogen and oxygen atoms in total. The van der Waals surface area contributed by atoms with Crippen LogP contribution in [0.3, 0.4) is 0 Å². The van der Waals surface area contributed by atoms with Crippen LogP contribution in [0.1, 0.15) is 37.6 Å². The zero-order valence-electron chi connectivity index (χ0n) is 12.2. The van der Waals surface area contributed by atoms with Crippen molar-refractivity contribution in [1.29, 1.82) is 0 Å². The monoisotopic (exact) mass is 358 g/mol. The van der Waals surface area contributed by atoms with Crippen molar-refractivity contribution in [2.45, 2.75) is 33.3 Å². The number of nitro groups is 1. The van der Waals surface area contributed by atoms with Crippen molar-refractivity contribution in [2.24, 2.45) is 5.41 Å². The first kappa shape index (κ1) is 17.6. The number of nitrogens with zero attached hydrogens (tertiary/aromatic N) is 1. The first-order valence-electron chi connectivity index (χ1n) is 6.50. The fraction of sp³-hybridized carbons (Fsp3) is 0.500. The Bertz CT molecular complexity index is 540. The standard InChI is InChI=1S/C14H19BrN2O4/c1-14(2,3)7-10(18)8-16-13(19)11-6-9(17(20)21)4-5-12(11)15/h4-6,10,18H,7-8H2,1-3H3,(H,16,19). The van der Waals surface area contributed by atoms with Crippen LogP contribution in [0.15, 0.2) is 22.7 Å². The number of hydrogen-bond donors (Lipinski definition) is 2. The van der Waals surface area contributed by atoms with E-state index in [1.165, 1.54) is 18.2 Å². The summed E-state index contributed by atoms with van der Waals surface area (Å²) >= 11 is 3.19. The highest BCUT2D eigenvalue weighted by Gasteiger charge is 2.19. The summed E-state index contributed by atoms with van der Waals surface area (Å²) in [6.45, 7) is 6.09. The molecule has 0 bridgehead atoms. The van der Waals surface area contributed by atoms with Gasteiger partial charge in [0.05, 0.1) is 16.6 Å². The van der Waals surface area contributed by atoms with Gasteiger partial charge in [-0.1, -0.05) is 20.8 Å². The molecule has 0 heterocycles. The number of nitrogens with one attached hydrogen (secondary N) is 1. The second kappa shape index (κ2) is 7.00. The number of nitro benzene ring substituents is 1. The van der Waals surface area contributed by atoms with Crippen molar-refractivity contribution in [2.75, 3.05) is 6.54 Å². The fourth-order valence-corrected chi connectivity index (χ4v) is 2.31. The Hall–Kier alpha value is -1.47. The minimum absolute atomic E-state index is 0.0454. The van der Waals surface area contributed by atoms with E-state index in [4.69, 9.17) is 0 Å². The maximum atomic E-state index is 12.0. The van der Waals surface area contributed by atoms with Gasteiger partial charge >= 0.3 is 0 Å². The molecule has 0 spiro atoms. The molecule has 7 heteroatoms. The number of carbonyl (C=O) groups excluding carboxylic acids is 1. The average molecular weight is 359 g/mol. The summed E-state index contributed by atoms with van der Waals surface area (Å²) in [5.41, 5.74) is -0.0262. The Balaban J connectivity index is 2.72. The molecule has 116 valence electrons. The molecule has 0 aromatic heterocycles. The average Bonchev–Trinajstić information content (AvgIpc) is 2.34. The number of hydrogen-bond acceptors (Lipinski definition) is 4. The summed E-state index contributed by atoms with van der Waals surface area (Å²) < 4.78 is 0.468. The van der Waals surface area contributed by atoms with E-state index in [2.05, 4.69) is 21.2 Å². The molecular formula is C14H19BrN2O4. The number of aliphatic hydroxyl groups excluding tert-OH is 1. The van der Waals surface area contributed by atoms with Gasteiger partial charge in [-0.3, -0.25) is 14.9 Å². The minimum atomic E-state index is -0.661. The predicted molar refractivity (Wildman–Crippen MR) is 83.2 cm³/mol. The summed E-state index contributed by atoms with van der Waals surface area (Å²) in [4.78, 5) is 22.2. The SMILES string of the molecule is CC(C)(C)CC(O)CNC(=O)c1cc([N+](=O)[O-])ccc1Br. The number of benzene rings is 1. The number of amides is 1. The van der Waals surface area contributed by atoms with E-state index >= 15 is 0 Å². The normalized spacial score (nSPS) is 12.8. The molecule has 1 aromatic carbocycles. The highest BCUT2D eigenvalue weighted by atomic mass is 79.9. The third-order valence-electron chi connectivity index (χ3n) is 2.75. The molecule has 0 saturated heterocycles. The van der Waals surface area contributed by atoms with Crippen LogP contribution in [0.5, 0.6) is 0 Å². The molecule has 0 aliphatic heterocycles. The highest BCUT2D eigenvalue weighted by Crippen LogP contribution is 2.23. The first-order chi connectivity index (χ1) is 9.60. The van der Waals surface area contributed by atoms with Crippen LogP contribution in [0.4, 0.5) is 5.69 Å². The maximum Gasteiger partial charge on any atom is 0.270 e. The van der Waals surface area contributed by atoms with Crippen LogP contribution >= 0.6 is 15.9 Å². The van der Waals surface area contributed by atoms with E-state index in [9.17, 15) is 20.0 Å². The molecule has 1 rings (SSSR count). The van der Waals surface area contributed by atoms with Gasteiger partial charge in [0, 0.05) is 23.2 Å². The largest absolute Gasteiger partial charge is 0.391 e. The maximum absolute atomic E-state index is 12.0. The summed E-state index contributed by atoms with van der Waals surface area (Å²) in [5.74, 6) is -0.460. The van der Waals surface area contributed by atoms with Gasteiger partial charge < -0.3 is 10.4 Å². The Morgan fingerprint density at radius 3 is 2.62 bits per heavy atom. The van der Waals surface area contributed by atoms with Crippen LogP contribution in [0.25, 0.3) is 0 Å². The van der Waals surface area contributed by atoms with E-state index in [0.717, 1.165) is 0 Å². The lowest BCUT2D eigenvalue weighted by Crippen LogP contribution is -2.34. The number of carbonyl (C=O) groups is 1. The summed E-state index contributed by atoms with van der Waals surface area (Å²) in [7, 11) is 0. The van der Waals surface area contributed by atoms with Gasteiger partial charge in [-0.25, -0.2) is 0 Å². The zero-order chi connectivity index (χ0) is 16.2. The third-order valence-corrected chi connectivity index (χ3v) is 3.44. The van der Waals surface area contributed by atoms with Crippen molar-refractivity contribution in [3.8, 4) is 0 Å². The topological polar surface area (TPSA) is 92.5 Å². The first-order valence-corrected chi connectivity index (χ1v) is 7.29. The molecule has 21 heavy (non-hydrogen) atoms. The van der Waals surface area contributed by atoms with Gasteiger partial charge in [-0.15, -0.1) is 0 Å². The molecule has 1 amide bonds. The fourth-order valence-electron chi connectivity index (χ4n) is 1.89. The van der Waals surface area contributed by atoms with Gasteiger partial charge in [0.15, 0.2) is 0 Å².